The highest BCUT2D eigenvalue weighted by atomic mass is 32.1. The number of guanidine groups is 1. The van der Waals surface area contributed by atoms with Gasteiger partial charge in [0, 0.05) is 46.2 Å². The third kappa shape index (κ3) is 5.32. The molecule has 2 aromatic rings. The molecule has 27 heavy (non-hydrogen) atoms. The maximum absolute atomic E-state index is 12.5. The fourth-order valence-corrected chi connectivity index (χ4v) is 3.94. The summed E-state index contributed by atoms with van der Waals surface area (Å²) in [4.78, 5) is 21.3. The Kier molecular flexibility index (Phi) is 6.87. The molecule has 0 fully saturated rings. The van der Waals surface area contributed by atoms with E-state index in [0.717, 1.165) is 38.6 Å². The number of carbonyl (C=O) groups is 1. The van der Waals surface area contributed by atoms with Gasteiger partial charge in [0.25, 0.3) is 0 Å². The van der Waals surface area contributed by atoms with E-state index < -0.39 is 0 Å². The van der Waals surface area contributed by atoms with Crippen LogP contribution in [0, 0.1) is 0 Å². The first-order valence-corrected chi connectivity index (χ1v) is 10.5. The average molecular weight is 385 g/mol. The maximum atomic E-state index is 12.5. The van der Waals surface area contributed by atoms with Gasteiger partial charge in [-0.3, -0.25) is 9.79 Å². The number of nitrogens with one attached hydrogen (secondary N) is 1. The van der Waals surface area contributed by atoms with Gasteiger partial charge in [0.05, 0.1) is 0 Å². The van der Waals surface area contributed by atoms with E-state index in [1.165, 1.54) is 16.7 Å². The quantitative estimate of drug-likeness (QED) is 0.452. The standard InChI is InChI=1S/C21H28N4OS/c1-3-22-21(24(2)13-17-10-12-27-16-17)23-11-6-9-20(26)25-14-18-7-4-5-8-19(18)15-25/h4-5,7-8,10,12,16H,3,6,9,11,13-15H2,1-2H3,(H,22,23). The highest BCUT2D eigenvalue weighted by Crippen LogP contribution is 2.22. The lowest BCUT2D eigenvalue weighted by Crippen LogP contribution is -2.38. The lowest BCUT2D eigenvalue weighted by atomic mass is 10.1. The molecule has 1 amide bonds. The minimum atomic E-state index is 0.220. The summed E-state index contributed by atoms with van der Waals surface area (Å²) in [6.45, 7) is 5.87. The van der Waals surface area contributed by atoms with Gasteiger partial charge in [-0.15, -0.1) is 0 Å². The molecule has 0 bridgehead atoms. The second-order valence-corrected chi connectivity index (χ2v) is 7.63. The second kappa shape index (κ2) is 9.55. The SMILES string of the molecule is CCNC(=NCCCC(=O)N1Cc2ccccc2C1)N(C)Cc1ccsc1. The zero-order valence-electron chi connectivity index (χ0n) is 16.1. The third-order valence-corrected chi connectivity index (χ3v) is 5.43. The van der Waals surface area contributed by atoms with Gasteiger partial charge in [-0.25, -0.2) is 0 Å². The van der Waals surface area contributed by atoms with Gasteiger partial charge in [0.15, 0.2) is 5.96 Å². The van der Waals surface area contributed by atoms with Crippen LogP contribution in [0.2, 0.25) is 0 Å². The van der Waals surface area contributed by atoms with Crippen LogP contribution in [-0.4, -0.2) is 41.8 Å². The zero-order chi connectivity index (χ0) is 19.1. The monoisotopic (exact) mass is 384 g/mol. The molecule has 144 valence electrons. The Hall–Kier alpha value is -2.34. The van der Waals surface area contributed by atoms with Gasteiger partial charge in [0.2, 0.25) is 5.91 Å². The molecular formula is C21H28N4OS. The summed E-state index contributed by atoms with van der Waals surface area (Å²) in [7, 11) is 2.05. The van der Waals surface area contributed by atoms with E-state index in [0.29, 0.717) is 13.0 Å². The molecular weight excluding hydrogens is 356 g/mol. The lowest BCUT2D eigenvalue weighted by Gasteiger charge is -2.21. The predicted molar refractivity (Wildman–Crippen MR) is 112 cm³/mol. The molecule has 1 N–H and O–H groups in total. The Morgan fingerprint density at radius 1 is 1.26 bits per heavy atom. The first-order chi connectivity index (χ1) is 13.2. The van der Waals surface area contributed by atoms with Crippen LogP contribution in [0.1, 0.15) is 36.5 Å². The summed E-state index contributed by atoms with van der Waals surface area (Å²) in [5, 5.41) is 7.59. The number of carbonyl (C=O) groups excluding carboxylic acids is 1. The van der Waals surface area contributed by atoms with Crippen LogP contribution in [0.25, 0.3) is 0 Å². The smallest absolute Gasteiger partial charge is 0.223 e. The summed E-state index contributed by atoms with van der Waals surface area (Å²) < 4.78 is 0. The molecule has 1 aliphatic rings. The van der Waals surface area contributed by atoms with Crippen molar-refractivity contribution in [3.05, 3.63) is 57.8 Å². The van der Waals surface area contributed by atoms with Crippen molar-refractivity contribution in [2.75, 3.05) is 20.1 Å². The molecule has 2 heterocycles. The molecule has 0 spiro atoms. The molecule has 0 unspecified atom stereocenters. The number of hydrogen-bond acceptors (Lipinski definition) is 3. The van der Waals surface area contributed by atoms with Crippen molar-refractivity contribution in [3.63, 3.8) is 0 Å². The van der Waals surface area contributed by atoms with E-state index in [4.69, 9.17) is 4.99 Å². The van der Waals surface area contributed by atoms with Crippen molar-refractivity contribution in [1.82, 2.24) is 15.1 Å². The zero-order valence-corrected chi connectivity index (χ0v) is 17.0. The maximum Gasteiger partial charge on any atom is 0.223 e. The number of amides is 1. The van der Waals surface area contributed by atoms with E-state index in [1.807, 2.05) is 24.1 Å². The van der Waals surface area contributed by atoms with Crippen molar-refractivity contribution in [1.29, 1.82) is 0 Å². The van der Waals surface area contributed by atoms with Crippen molar-refractivity contribution in [2.45, 2.75) is 39.4 Å². The van der Waals surface area contributed by atoms with Gasteiger partial charge in [-0.2, -0.15) is 11.3 Å². The third-order valence-electron chi connectivity index (χ3n) is 4.70. The molecule has 0 atom stereocenters. The van der Waals surface area contributed by atoms with Crippen LogP contribution >= 0.6 is 11.3 Å². The molecule has 0 saturated heterocycles. The van der Waals surface area contributed by atoms with Gasteiger partial charge in [0.1, 0.15) is 0 Å². The van der Waals surface area contributed by atoms with E-state index in [9.17, 15) is 4.79 Å². The molecule has 5 nitrogen and oxygen atoms in total. The molecule has 0 radical (unpaired) electrons. The summed E-state index contributed by atoms with van der Waals surface area (Å²) in [5.41, 5.74) is 3.83. The molecule has 0 aliphatic carbocycles. The Balaban J connectivity index is 1.46. The van der Waals surface area contributed by atoms with Gasteiger partial charge in [-0.1, -0.05) is 24.3 Å². The number of hydrogen-bond donors (Lipinski definition) is 1. The Morgan fingerprint density at radius 2 is 2.00 bits per heavy atom. The fraction of sp³-hybridized carbons (Fsp3) is 0.429. The van der Waals surface area contributed by atoms with Crippen molar-refractivity contribution >= 4 is 23.2 Å². The van der Waals surface area contributed by atoms with Crippen molar-refractivity contribution < 1.29 is 4.79 Å². The summed E-state index contributed by atoms with van der Waals surface area (Å²) in [6, 6.07) is 10.4. The van der Waals surface area contributed by atoms with Crippen LogP contribution in [-0.2, 0) is 24.4 Å². The van der Waals surface area contributed by atoms with Gasteiger partial charge >= 0.3 is 0 Å². The van der Waals surface area contributed by atoms with E-state index in [2.05, 4.69) is 46.1 Å². The minimum Gasteiger partial charge on any atom is -0.357 e. The van der Waals surface area contributed by atoms with Gasteiger partial charge < -0.3 is 15.1 Å². The molecule has 6 heteroatoms. The van der Waals surface area contributed by atoms with Gasteiger partial charge in [-0.05, 0) is 46.9 Å². The summed E-state index contributed by atoms with van der Waals surface area (Å²) in [5.74, 6) is 1.11. The number of thiophene rings is 1. The Labute approximate surface area is 165 Å². The summed E-state index contributed by atoms with van der Waals surface area (Å²) >= 11 is 1.71. The molecule has 1 aliphatic heterocycles. The molecule has 1 aromatic heterocycles. The first kappa shape index (κ1) is 19.4. The first-order valence-electron chi connectivity index (χ1n) is 9.52. The van der Waals surface area contributed by atoms with Crippen molar-refractivity contribution in [2.24, 2.45) is 4.99 Å². The van der Waals surface area contributed by atoms with Crippen molar-refractivity contribution in [3.8, 4) is 0 Å². The number of nitrogens with zero attached hydrogens (tertiary/aromatic N) is 3. The Bertz CT molecular complexity index is 747. The lowest BCUT2D eigenvalue weighted by molar-refractivity contribution is -0.131. The molecule has 1 aromatic carbocycles. The fourth-order valence-electron chi connectivity index (χ4n) is 3.28. The number of fused-ring (bicyclic) bond motifs is 1. The number of rotatable bonds is 7. The Morgan fingerprint density at radius 3 is 2.63 bits per heavy atom. The van der Waals surface area contributed by atoms with Crippen LogP contribution in [0.3, 0.4) is 0 Å². The van der Waals surface area contributed by atoms with E-state index >= 15 is 0 Å². The van der Waals surface area contributed by atoms with Crippen LogP contribution < -0.4 is 5.32 Å². The highest BCUT2D eigenvalue weighted by molar-refractivity contribution is 7.07. The number of aliphatic imine (C=N–C) groups is 1. The van der Waals surface area contributed by atoms with E-state index in [-0.39, 0.29) is 5.91 Å². The predicted octanol–water partition coefficient (Wildman–Crippen LogP) is 3.47. The molecule has 3 rings (SSSR count). The highest BCUT2D eigenvalue weighted by Gasteiger charge is 2.22. The number of benzene rings is 1. The average Bonchev–Trinajstić information content (AvgIpc) is 3.33. The van der Waals surface area contributed by atoms with Crippen LogP contribution in [0.15, 0.2) is 46.1 Å². The topological polar surface area (TPSA) is 47.9 Å². The minimum absolute atomic E-state index is 0.220. The van der Waals surface area contributed by atoms with Crippen LogP contribution in [0.5, 0.6) is 0 Å². The normalized spacial score (nSPS) is 13.6. The summed E-state index contributed by atoms with van der Waals surface area (Å²) in [6.07, 6.45) is 1.32. The second-order valence-electron chi connectivity index (χ2n) is 6.85. The molecule has 0 saturated carbocycles. The largest absolute Gasteiger partial charge is 0.357 e. The van der Waals surface area contributed by atoms with E-state index in [1.54, 1.807) is 11.3 Å². The van der Waals surface area contributed by atoms with Crippen LogP contribution in [0.4, 0.5) is 0 Å².